The third-order valence-corrected chi connectivity index (χ3v) is 5.24. The van der Waals surface area contributed by atoms with Crippen molar-refractivity contribution in [2.75, 3.05) is 38.7 Å². The first kappa shape index (κ1) is 18.5. The van der Waals surface area contributed by atoms with Gasteiger partial charge in [0.25, 0.3) is 0 Å². The van der Waals surface area contributed by atoms with E-state index in [-0.39, 0.29) is 6.10 Å². The van der Waals surface area contributed by atoms with E-state index in [1.807, 2.05) is 24.3 Å². The quantitative estimate of drug-likeness (QED) is 0.631. The summed E-state index contributed by atoms with van der Waals surface area (Å²) in [4.78, 5) is 6.66. The van der Waals surface area contributed by atoms with Crippen LogP contribution in [0.1, 0.15) is 17.5 Å². The Kier molecular flexibility index (Phi) is 5.55. The van der Waals surface area contributed by atoms with Crippen molar-refractivity contribution in [1.29, 1.82) is 0 Å². The minimum atomic E-state index is -0.0484. The molecule has 0 spiro atoms. The van der Waals surface area contributed by atoms with E-state index in [1.165, 1.54) is 23.2 Å². The molecular weight excluding hydrogens is 352 g/mol. The molecule has 0 aliphatic carbocycles. The molecular formula is C22H28N4O2. The number of fused-ring (bicyclic) bond motifs is 2. The highest BCUT2D eigenvalue weighted by Gasteiger charge is 2.20. The molecule has 0 aromatic heterocycles. The second-order valence-electron chi connectivity index (χ2n) is 7.29. The number of hydrogen-bond donors (Lipinski definition) is 2. The Morgan fingerprint density at radius 1 is 1.18 bits per heavy atom. The van der Waals surface area contributed by atoms with Crippen molar-refractivity contribution in [1.82, 2.24) is 10.6 Å². The summed E-state index contributed by atoms with van der Waals surface area (Å²) < 4.78 is 11.8. The summed E-state index contributed by atoms with van der Waals surface area (Å²) in [5.74, 6) is 2.36. The molecule has 0 radical (unpaired) electrons. The summed E-state index contributed by atoms with van der Waals surface area (Å²) in [6.07, 6.45) is 2.32. The summed E-state index contributed by atoms with van der Waals surface area (Å²) in [7, 11) is 3.95. The maximum atomic E-state index is 5.99. The molecule has 1 unspecified atom stereocenters. The largest absolute Gasteiger partial charge is 0.486 e. The Morgan fingerprint density at radius 3 is 2.89 bits per heavy atom. The van der Waals surface area contributed by atoms with Gasteiger partial charge in [-0.05, 0) is 42.2 Å². The van der Waals surface area contributed by atoms with Gasteiger partial charge in [0.15, 0.2) is 17.5 Å². The maximum Gasteiger partial charge on any atom is 0.191 e. The van der Waals surface area contributed by atoms with E-state index >= 15 is 0 Å². The van der Waals surface area contributed by atoms with Crippen LogP contribution in [0.15, 0.2) is 47.5 Å². The van der Waals surface area contributed by atoms with Gasteiger partial charge < -0.3 is 25.0 Å². The van der Waals surface area contributed by atoms with Gasteiger partial charge in [0.05, 0.1) is 6.54 Å². The van der Waals surface area contributed by atoms with Gasteiger partial charge in [0, 0.05) is 32.9 Å². The molecule has 0 amide bonds. The first-order valence-electron chi connectivity index (χ1n) is 9.89. The van der Waals surface area contributed by atoms with Crippen LogP contribution < -0.4 is 25.0 Å². The first-order chi connectivity index (χ1) is 13.7. The molecule has 28 heavy (non-hydrogen) atoms. The molecule has 2 N–H and O–H groups in total. The Hall–Kier alpha value is -2.89. The summed E-state index contributed by atoms with van der Waals surface area (Å²) in [6, 6.07) is 14.5. The zero-order valence-corrected chi connectivity index (χ0v) is 16.6. The van der Waals surface area contributed by atoms with Gasteiger partial charge in [0.1, 0.15) is 12.7 Å². The molecule has 0 saturated carbocycles. The van der Waals surface area contributed by atoms with Crippen LogP contribution in [0.3, 0.4) is 0 Å². The highest BCUT2D eigenvalue weighted by Crippen LogP contribution is 2.30. The molecule has 0 bridgehead atoms. The standard InChI is InChI=1S/C22H28N4O2/c1-23-22(25-14-18-15-27-20-7-3-4-8-21(20)28-18)24-13-16-9-10-19-17(12-16)6-5-11-26(19)2/h3-4,7-10,12,18H,5-6,11,13-15H2,1-2H3,(H2,23,24,25). The van der Waals surface area contributed by atoms with Crippen molar-refractivity contribution >= 4 is 11.6 Å². The van der Waals surface area contributed by atoms with Gasteiger partial charge in [-0.3, -0.25) is 4.99 Å². The smallest absolute Gasteiger partial charge is 0.191 e. The molecule has 2 heterocycles. The van der Waals surface area contributed by atoms with E-state index in [0.717, 1.165) is 37.0 Å². The van der Waals surface area contributed by atoms with Gasteiger partial charge in [-0.25, -0.2) is 0 Å². The fourth-order valence-electron chi connectivity index (χ4n) is 3.73. The second kappa shape index (κ2) is 8.42. The number of para-hydroxylation sites is 2. The van der Waals surface area contributed by atoms with Crippen LogP contribution in [-0.4, -0.2) is 45.9 Å². The van der Waals surface area contributed by atoms with Gasteiger partial charge in [-0.2, -0.15) is 0 Å². The first-order valence-corrected chi connectivity index (χ1v) is 9.89. The van der Waals surface area contributed by atoms with E-state index in [0.29, 0.717) is 13.2 Å². The van der Waals surface area contributed by atoms with Crippen molar-refractivity contribution < 1.29 is 9.47 Å². The average molecular weight is 380 g/mol. The van der Waals surface area contributed by atoms with Crippen LogP contribution in [0, 0.1) is 0 Å². The van der Waals surface area contributed by atoms with Crippen molar-refractivity contribution in [2.45, 2.75) is 25.5 Å². The Bertz CT molecular complexity index is 852. The number of aliphatic imine (C=N–C) groups is 1. The molecule has 2 aromatic carbocycles. The SMILES string of the molecule is CN=C(NCc1ccc2c(c1)CCCN2C)NCC1COc2ccccc2O1. The Morgan fingerprint density at radius 2 is 2.04 bits per heavy atom. The summed E-state index contributed by atoms with van der Waals surface area (Å²) in [5.41, 5.74) is 4.05. The van der Waals surface area contributed by atoms with Crippen LogP contribution >= 0.6 is 0 Å². The van der Waals surface area contributed by atoms with E-state index in [2.05, 4.69) is 45.8 Å². The molecule has 2 aromatic rings. The fraction of sp³-hybridized carbons (Fsp3) is 0.409. The molecule has 2 aliphatic heterocycles. The minimum absolute atomic E-state index is 0.0484. The lowest BCUT2D eigenvalue weighted by atomic mass is 9.99. The van der Waals surface area contributed by atoms with E-state index < -0.39 is 0 Å². The van der Waals surface area contributed by atoms with Gasteiger partial charge >= 0.3 is 0 Å². The second-order valence-corrected chi connectivity index (χ2v) is 7.29. The highest BCUT2D eigenvalue weighted by atomic mass is 16.6. The molecule has 0 saturated heterocycles. The van der Waals surface area contributed by atoms with Crippen molar-refractivity contribution in [3.05, 3.63) is 53.6 Å². The third kappa shape index (κ3) is 4.16. The number of hydrogen-bond acceptors (Lipinski definition) is 4. The lowest BCUT2D eigenvalue weighted by Gasteiger charge is -2.28. The number of anilines is 1. The maximum absolute atomic E-state index is 5.99. The molecule has 1 atom stereocenters. The summed E-state index contributed by atoms with van der Waals surface area (Å²) in [6.45, 7) is 3.03. The van der Waals surface area contributed by atoms with Crippen molar-refractivity contribution in [3.63, 3.8) is 0 Å². The van der Waals surface area contributed by atoms with Crippen molar-refractivity contribution in [2.24, 2.45) is 4.99 Å². The van der Waals surface area contributed by atoms with E-state index in [4.69, 9.17) is 9.47 Å². The summed E-state index contributed by atoms with van der Waals surface area (Å²) >= 11 is 0. The van der Waals surface area contributed by atoms with E-state index in [9.17, 15) is 0 Å². The topological polar surface area (TPSA) is 58.1 Å². The van der Waals surface area contributed by atoms with Crippen LogP contribution in [-0.2, 0) is 13.0 Å². The van der Waals surface area contributed by atoms with Gasteiger partial charge in [-0.1, -0.05) is 24.3 Å². The predicted molar refractivity (Wildman–Crippen MR) is 113 cm³/mol. The molecule has 6 heteroatoms. The van der Waals surface area contributed by atoms with Gasteiger partial charge in [-0.15, -0.1) is 0 Å². The normalized spacial score (nSPS) is 18.4. The minimum Gasteiger partial charge on any atom is -0.486 e. The molecule has 4 rings (SSSR count). The zero-order valence-electron chi connectivity index (χ0n) is 16.6. The van der Waals surface area contributed by atoms with Crippen LogP contribution in [0.5, 0.6) is 11.5 Å². The van der Waals surface area contributed by atoms with Crippen LogP contribution in [0.2, 0.25) is 0 Å². The van der Waals surface area contributed by atoms with E-state index in [1.54, 1.807) is 7.05 Å². The molecule has 0 fully saturated rings. The molecule has 148 valence electrons. The number of ether oxygens (including phenoxy) is 2. The number of nitrogens with one attached hydrogen (secondary N) is 2. The average Bonchev–Trinajstić information content (AvgIpc) is 2.74. The molecule has 2 aliphatic rings. The summed E-state index contributed by atoms with van der Waals surface area (Å²) in [5, 5.41) is 6.73. The zero-order chi connectivity index (χ0) is 19.3. The van der Waals surface area contributed by atoms with Crippen LogP contribution in [0.25, 0.3) is 0 Å². The van der Waals surface area contributed by atoms with Crippen LogP contribution in [0.4, 0.5) is 5.69 Å². The van der Waals surface area contributed by atoms with Crippen molar-refractivity contribution in [3.8, 4) is 11.5 Å². The highest BCUT2D eigenvalue weighted by molar-refractivity contribution is 5.79. The van der Waals surface area contributed by atoms with Gasteiger partial charge in [0.2, 0.25) is 0 Å². The number of guanidine groups is 1. The number of nitrogens with zero attached hydrogens (tertiary/aromatic N) is 2. The Labute approximate surface area is 166 Å². The third-order valence-electron chi connectivity index (χ3n) is 5.24. The fourth-order valence-corrected chi connectivity index (χ4v) is 3.73. The lowest BCUT2D eigenvalue weighted by molar-refractivity contribution is 0.0936. The lowest BCUT2D eigenvalue weighted by Crippen LogP contribution is -2.45. The predicted octanol–water partition coefficient (Wildman–Crippen LogP) is 2.57. The Balaban J connectivity index is 1.29. The number of rotatable bonds is 4. The monoisotopic (exact) mass is 380 g/mol. The number of aryl methyl sites for hydroxylation is 1. The number of benzene rings is 2. The molecule has 6 nitrogen and oxygen atoms in total.